The summed E-state index contributed by atoms with van der Waals surface area (Å²) in [6.45, 7) is 9.62. The molecule has 0 bridgehead atoms. The van der Waals surface area contributed by atoms with E-state index in [4.69, 9.17) is 6.57 Å². The van der Waals surface area contributed by atoms with Crippen LogP contribution in [0.2, 0.25) is 0 Å². The molecule has 3 rings (SSSR count). The van der Waals surface area contributed by atoms with Gasteiger partial charge in [-0.2, -0.15) is 0 Å². The molecule has 1 heterocycles. The van der Waals surface area contributed by atoms with Crippen molar-refractivity contribution in [1.29, 1.82) is 0 Å². The summed E-state index contributed by atoms with van der Waals surface area (Å²) in [4.78, 5) is 7.74. The van der Waals surface area contributed by atoms with E-state index in [9.17, 15) is 8.42 Å². The van der Waals surface area contributed by atoms with Crippen LogP contribution in [0.1, 0.15) is 6.92 Å². The number of nitrogens with one attached hydrogen (secondary N) is 2. The molecule has 2 N–H and O–H groups in total. The number of rotatable bonds is 6. The van der Waals surface area contributed by atoms with Gasteiger partial charge in [0.15, 0.2) is 5.69 Å². The zero-order valence-electron chi connectivity index (χ0n) is 14.7. The van der Waals surface area contributed by atoms with E-state index in [2.05, 4.69) is 19.9 Å². The van der Waals surface area contributed by atoms with Gasteiger partial charge in [-0.25, -0.2) is 18.2 Å². The summed E-state index contributed by atoms with van der Waals surface area (Å²) in [5.74, 6) is 0.864. The van der Waals surface area contributed by atoms with Crippen LogP contribution >= 0.6 is 0 Å². The number of hydrogen-bond donors (Lipinski definition) is 2. The van der Waals surface area contributed by atoms with E-state index in [-0.39, 0.29) is 10.7 Å². The zero-order chi connectivity index (χ0) is 19.3. The zero-order valence-corrected chi connectivity index (χ0v) is 15.5. The largest absolute Gasteiger partial charge is 0.370 e. The minimum Gasteiger partial charge on any atom is -0.370 e. The standard InChI is InChI=1S/C20H18N4O2S/c1-3-22-19-5-4-6-20(23-19)24-27(25,26)18-13-9-16(10-14-18)15-7-11-17(21-2)12-8-15/h4-14H,3H2,1H3,(H2,22,23,24). The van der Waals surface area contributed by atoms with Crippen molar-refractivity contribution >= 4 is 27.3 Å². The third-order valence-electron chi connectivity index (χ3n) is 3.84. The number of aromatic nitrogens is 1. The van der Waals surface area contributed by atoms with Crippen molar-refractivity contribution in [2.24, 2.45) is 0 Å². The summed E-state index contributed by atoms with van der Waals surface area (Å²) >= 11 is 0. The highest BCUT2D eigenvalue weighted by Gasteiger charge is 2.15. The molecule has 0 aliphatic heterocycles. The predicted molar refractivity (Wildman–Crippen MR) is 107 cm³/mol. The monoisotopic (exact) mass is 378 g/mol. The van der Waals surface area contributed by atoms with E-state index in [1.807, 2.05) is 19.1 Å². The fourth-order valence-corrected chi connectivity index (χ4v) is 3.52. The minimum absolute atomic E-state index is 0.152. The first kappa shape index (κ1) is 18.4. The Labute approximate surface area is 158 Å². The average molecular weight is 378 g/mol. The summed E-state index contributed by atoms with van der Waals surface area (Å²) in [5.41, 5.74) is 2.35. The van der Waals surface area contributed by atoms with Gasteiger partial charge in [-0.05, 0) is 42.3 Å². The molecule has 0 unspecified atom stereocenters. The van der Waals surface area contributed by atoms with Crippen LogP contribution in [-0.2, 0) is 10.0 Å². The van der Waals surface area contributed by atoms with Crippen molar-refractivity contribution in [3.63, 3.8) is 0 Å². The van der Waals surface area contributed by atoms with E-state index < -0.39 is 10.0 Å². The van der Waals surface area contributed by atoms with Gasteiger partial charge in [0, 0.05) is 6.54 Å². The Morgan fingerprint density at radius 2 is 1.52 bits per heavy atom. The first-order valence-corrected chi connectivity index (χ1v) is 9.82. The number of pyridine rings is 1. The molecule has 1 aromatic heterocycles. The number of anilines is 2. The molecule has 0 saturated carbocycles. The van der Waals surface area contributed by atoms with E-state index in [0.717, 1.165) is 11.1 Å². The maximum absolute atomic E-state index is 12.6. The third kappa shape index (κ3) is 4.43. The van der Waals surface area contributed by atoms with E-state index in [0.29, 0.717) is 18.1 Å². The lowest BCUT2D eigenvalue weighted by atomic mass is 10.1. The lowest BCUT2D eigenvalue weighted by Crippen LogP contribution is -2.14. The van der Waals surface area contributed by atoms with Crippen LogP contribution < -0.4 is 10.0 Å². The summed E-state index contributed by atoms with van der Waals surface area (Å²) in [5, 5.41) is 3.04. The van der Waals surface area contributed by atoms with Gasteiger partial charge in [-0.15, -0.1) is 0 Å². The van der Waals surface area contributed by atoms with Crippen molar-refractivity contribution in [2.45, 2.75) is 11.8 Å². The van der Waals surface area contributed by atoms with Gasteiger partial charge in [-0.3, -0.25) is 4.72 Å². The maximum Gasteiger partial charge on any atom is 0.263 e. The number of nitrogens with zero attached hydrogens (tertiary/aromatic N) is 2. The topological polar surface area (TPSA) is 75.5 Å². The normalized spacial score (nSPS) is 10.8. The average Bonchev–Trinajstić information content (AvgIpc) is 2.68. The van der Waals surface area contributed by atoms with Gasteiger partial charge in [0.2, 0.25) is 0 Å². The Hall–Kier alpha value is -3.37. The van der Waals surface area contributed by atoms with Crippen molar-refractivity contribution in [3.8, 4) is 11.1 Å². The highest BCUT2D eigenvalue weighted by Crippen LogP contribution is 2.24. The first-order chi connectivity index (χ1) is 13.0. The minimum atomic E-state index is -3.73. The Morgan fingerprint density at radius 3 is 2.11 bits per heavy atom. The second-order valence-electron chi connectivity index (χ2n) is 5.73. The highest BCUT2D eigenvalue weighted by molar-refractivity contribution is 7.92. The summed E-state index contributed by atoms with van der Waals surface area (Å²) in [6.07, 6.45) is 0. The molecule has 0 aliphatic rings. The first-order valence-electron chi connectivity index (χ1n) is 8.33. The Balaban J connectivity index is 1.80. The highest BCUT2D eigenvalue weighted by atomic mass is 32.2. The SMILES string of the molecule is [C-]#[N+]c1ccc(-c2ccc(S(=O)(=O)Nc3cccc(NCC)n3)cc2)cc1. The maximum atomic E-state index is 12.6. The summed E-state index contributed by atoms with van der Waals surface area (Å²) < 4.78 is 27.7. The molecule has 27 heavy (non-hydrogen) atoms. The van der Waals surface area contributed by atoms with Crippen LogP contribution in [0.3, 0.4) is 0 Å². The molecule has 0 saturated heterocycles. The van der Waals surface area contributed by atoms with E-state index >= 15 is 0 Å². The molecule has 0 atom stereocenters. The molecule has 2 aromatic carbocycles. The fourth-order valence-electron chi connectivity index (χ4n) is 2.52. The lowest BCUT2D eigenvalue weighted by molar-refractivity contribution is 0.601. The number of hydrogen-bond acceptors (Lipinski definition) is 4. The molecule has 6 nitrogen and oxygen atoms in total. The van der Waals surface area contributed by atoms with Gasteiger partial charge in [0.1, 0.15) is 11.6 Å². The van der Waals surface area contributed by atoms with Crippen LogP contribution in [0.4, 0.5) is 17.3 Å². The van der Waals surface area contributed by atoms with E-state index in [1.165, 1.54) is 0 Å². The third-order valence-corrected chi connectivity index (χ3v) is 5.21. The molecule has 136 valence electrons. The van der Waals surface area contributed by atoms with Crippen molar-refractivity contribution in [3.05, 3.63) is 78.1 Å². The fraction of sp³-hybridized carbons (Fsp3) is 0.100. The Bertz CT molecular complexity index is 1070. The second kappa shape index (κ2) is 7.89. The Morgan fingerprint density at radius 1 is 0.926 bits per heavy atom. The number of benzene rings is 2. The smallest absolute Gasteiger partial charge is 0.263 e. The molecule has 3 aromatic rings. The molecule has 0 fully saturated rings. The van der Waals surface area contributed by atoms with Crippen molar-refractivity contribution in [1.82, 2.24) is 4.98 Å². The lowest BCUT2D eigenvalue weighted by Gasteiger charge is -2.10. The van der Waals surface area contributed by atoms with Crippen molar-refractivity contribution < 1.29 is 8.42 Å². The molecule has 0 radical (unpaired) electrons. The van der Waals surface area contributed by atoms with Crippen molar-refractivity contribution in [2.75, 3.05) is 16.6 Å². The van der Waals surface area contributed by atoms with E-state index in [1.54, 1.807) is 54.6 Å². The molecule has 0 spiro atoms. The van der Waals surface area contributed by atoms with Crippen LogP contribution in [0.5, 0.6) is 0 Å². The number of sulfonamides is 1. The van der Waals surface area contributed by atoms with Gasteiger partial charge >= 0.3 is 0 Å². The van der Waals surface area contributed by atoms with Crippen LogP contribution in [0.25, 0.3) is 16.0 Å². The van der Waals surface area contributed by atoms with Crippen LogP contribution in [0.15, 0.2) is 71.6 Å². The summed E-state index contributed by atoms with van der Waals surface area (Å²) in [6, 6.07) is 18.8. The van der Waals surface area contributed by atoms with Gasteiger partial charge in [0.05, 0.1) is 11.5 Å². The molecular weight excluding hydrogens is 360 g/mol. The molecular formula is C20H18N4O2S. The Kier molecular flexibility index (Phi) is 5.38. The van der Waals surface area contributed by atoms with Gasteiger partial charge in [0.25, 0.3) is 10.0 Å². The second-order valence-corrected chi connectivity index (χ2v) is 7.41. The quantitative estimate of drug-likeness (QED) is 0.618. The van der Waals surface area contributed by atoms with Gasteiger partial charge < -0.3 is 5.32 Å². The molecule has 0 amide bonds. The summed E-state index contributed by atoms with van der Waals surface area (Å²) in [7, 11) is -3.73. The van der Waals surface area contributed by atoms with Crippen LogP contribution in [0, 0.1) is 6.57 Å². The van der Waals surface area contributed by atoms with Crippen LogP contribution in [-0.4, -0.2) is 19.9 Å². The van der Waals surface area contributed by atoms with Gasteiger partial charge in [-0.1, -0.05) is 42.5 Å². The predicted octanol–water partition coefficient (Wildman–Crippen LogP) is 4.53. The molecule has 7 heteroatoms. The molecule has 0 aliphatic carbocycles.